The number of pyridine rings is 1. The minimum absolute atomic E-state index is 0.599. The van der Waals surface area contributed by atoms with Crippen LogP contribution in [-0.4, -0.2) is 19.9 Å². The van der Waals surface area contributed by atoms with E-state index in [1.807, 2.05) is 72.9 Å². The smallest absolute Gasteiger partial charge is 0.164 e. The van der Waals surface area contributed by atoms with Crippen LogP contribution in [0.2, 0.25) is 0 Å². The Bertz CT molecular complexity index is 3220. The van der Waals surface area contributed by atoms with Gasteiger partial charge in [-0.15, -0.1) is 0 Å². The van der Waals surface area contributed by atoms with Crippen LogP contribution in [0.1, 0.15) is 0 Å². The maximum absolute atomic E-state index is 6.70. The number of aromatic nitrogens is 4. The van der Waals surface area contributed by atoms with Crippen molar-refractivity contribution >= 4 is 43.9 Å². The molecule has 0 fully saturated rings. The van der Waals surface area contributed by atoms with E-state index >= 15 is 0 Å². The molecule has 0 N–H and O–H groups in total. The zero-order chi connectivity index (χ0) is 37.0. The molecular formula is C50H30N4O2. The lowest BCUT2D eigenvalue weighted by Crippen LogP contribution is -2.00. The number of hydrogen-bond acceptors (Lipinski definition) is 6. The Morgan fingerprint density at radius 2 is 0.839 bits per heavy atom. The van der Waals surface area contributed by atoms with E-state index < -0.39 is 0 Å². The fraction of sp³-hybridized carbons (Fsp3) is 0. The standard InChI is InChI=1S/C50H30N4O2/c1-2-10-33(11-3-1)48-52-49(34-23-19-31(20-24-34)36-12-9-29-51-30-36)54-50(53-48)35-25-21-32(22-26-35)37-27-28-39(46-41-14-5-7-17-43(41)56-47(37)46)38-15-8-18-44-45(38)40-13-4-6-16-42(40)55-44/h1-30H. The van der Waals surface area contributed by atoms with Crippen LogP contribution in [-0.2, 0) is 0 Å². The van der Waals surface area contributed by atoms with Crippen molar-refractivity contribution in [2.24, 2.45) is 0 Å². The maximum atomic E-state index is 6.70. The van der Waals surface area contributed by atoms with Crippen molar-refractivity contribution < 1.29 is 8.83 Å². The normalized spacial score (nSPS) is 11.6. The first-order valence-corrected chi connectivity index (χ1v) is 18.5. The quantitative estimate of drug-likeness (QED) is 0.170. The first kappa shape index (κ1) is 31.8. The van der Waals surface area contributed by atoms with Gasteiger partial charge in [0.1, 0.15) is 22.3 Å². The van der Waals surface area contributed by atoms with Gasteiger partial charge in [-0.05, 0) is 58.1 Å². The summed E-state index contributed by atoms with van der Waals surface area (Å²) in [5.74, 6) is 1.82. The molecule has 0 aliphatic carbocycles. The molecule has 0 saturated carbocycles. The van der Waals surface area contributed by atoms with Crippen molar-refractivity contribution in [2.45, 2.75) is 0 Å². The van der Waals surface area contributed by atoms with Gasteiger partial charge in [-0.2, -0.15) is 0 Å². The molecule has 6 heteroatoms. The number of rotatable bonds is 6. The Labute approximate surface area is 321 Å². The Morgan fingerprint density at radius 1 is 0.321 bits per heavy atom. The van der Waals surface area contributed by atoms with Crippen molar-refractivity contribution in [3.05, 3.63) is 182 Å². The van der Waals surface area contributed by atoms with E-state index in [1.54, 1.807) is 6.20 Å². The van der Waals surface area contributed by atoms with Gasteiger partial charge in [-0.3, -0.25) is 4.98 Å². The molecule has 0 aliphatic heterocycles. The molecule has 0 atom stereocenters. The number of hydrogen-bond donors (Lipinski definition) is 0. The highest BCUT2D eigenvalue weighted by Gasteiger charge is 2.21. The minimum atomic E-state index is 0.599. The predicted molar refractivity (Wildman–Crippen MR) is 225 cm³/mol. The summed E-state index contributed by atoms with van der Waals surface area (Å²) in [5.41, 5.74) is 12.5. The molecule has 56 heavy (non-hydrogen) atoms. The average Bonchev–Trinajstić information content (AvgIpc) is 3.86. The summed E-state index contributed by atoms with van der Waals surface area (Å²) in [6, 6.07) is 57.8. The molecule has 262 valence electrons. The van der Waals surface area contributed by atoms with Gasteiger partial charge in [0.15, 0.2) is 17.5 Å². The summed E-state index contributed by atoms with van der Waals surface area (Å²) < 4.78 is 13.0. The van der Waals surface area contributed by atoms with Crippen molar-refractivity contribution in [1.82, 2.24) is 19.9 Å². The molecule has 0 bridgehead atoms. The lowest BCUT2D eigenvalue weighted by molar-refractivity contribution is 0.668. The van der Waals surface area contributed by atoms with Crippen LogP contribution in [0.15, 0.2) is 191 Å². The molecule has 4 heterocycles. The van der Waals surface area contributed by atoms with E-state index in [9.17, 15) is 0 Å². The largest absolute Gasteiger partial charge is 0.456 e. The Morgan fingerprint density at radius 3 is 1.52 bits per heavy atom. The van der Waals surface area contributed by atoms with E-state index in [0.29, 0.717) is 17.5 Å². The van der Waals surface area contributed by atoms with Gasteiger partial charge in [0.05, 0.1) is 0 Å². The highest BCUT2D eigenvalue weighted by atomic mass is 16.3. The summed E-state index contributed by atoms with van der Waals surface area (Å²) in [6.45, 7) is 0. The van der Waals surface area contributed by atoms with Crippen LogP contribution >= 0.6 is 0 Å². The topological polar surface area (TPSA) is 77.8 Å². The third-order valence-electron chi connectivity index (χ3n) is 10.5. The summed E-state index contributed by atoms with van der Waals surface area (Å²) in [4.78, 5) is 19.2. The van der Waals surface area contributed by atoms with E-state index in [2.05, 4.69) is 108 Å². The van der Waals surface area contributed by atoms with Crippen molar-refractivity contribution in [3.8, 4) is 67.5 Å². The fourth-order valence-electron chi connectivity index (χ4n) is 7.77. The molecule has 0 spiro atoms. The zero-order valence-corrected chi connectivity index (χ0v) is 29.9. The molecule has 0 radical (unpaired) electrons. The molecule has 0 amide bonds. The van der Waals surface area contributed by atoms with Gasteiger partial charge < -0.3 is 8.83 Å². The lowest BCUT2D eigenvalue weighted by atomic mass is 9.92. The Kier molecular flexibility index (Phi) is 7.38. The molecule has 4 aromatic heterocycles. The Balaban J connectivity index is 1.02. The number of para-hydroxylation sites is 2. The van der Waals surface area contributed by atoms with E-state index in [4.69, 9.17) is 23.8 Å². The van der Waals surface area contributed by atoms with Crippen molar-refractivity contribution in [1.29, 1.82) is 0 Å². The third-order valence-corrected chi connectivity index (χ3v) is 10.5. The van der Waals surface area contributed by atoms with E-state index in [1.165, 1.54) is 0 Å². The number of furan rings is 2. The fourth-order valence-corrected chi connectivity index (χ4v) is 7.77. The molecule has 0 aliphatic rings. The zero-order valence-electron chi connectivity index (χ0n) is 29.9. The maximum Gasteiger partial charge on any atom is 0.164 e. The highest BCUT2D eigenvalue weighted by molar-refractivity contribution is 6.21. The van der Waals surface area contributed by atoms with Gasteiger partial charge in [-0.1, -0.05) is 140 Å². The first-order valence-electron chi connectivity index (χ1n) is 18.5. The number of benzene rings is 7. The van der Waals surface area contributed by atoms with Gasteiger partial charge in [0, 0.05) is 56.2 Å². The molecule has 7 aromatic carbocycles. The number of nitrogens with zero attached hydrogens (tertiary/aromatic N) is 4. The molecular weight excluding hydrogens is 689 g/mol. The van der Waals surface area contributed by atoms with Gasteiger partial charge in [-0.25, -0.2) is 15.0 Å². The first-order chi connectivity index (χ1) is 27.7. The summed E-state index contributed by atoms with van der Waals surface area (Å²) >= 11 is 0. The highest BCUT2D eigenvalue weighted by Crippen LogP contribution is 2.45. The van der Waals surface area contributed by atoms with Crippen molar-refractivity contribution in [2.75, 3.05) is 0 Å². The van der Waals surface area contributed by atoms with Crippen LogP contribution < -0.4 is 0 Å². The monoisotopic (exact) mass is 718 g/mol. The lowest BCUT2D eigenvalue weighted by Gasteiger charge is -2.11. The molecule has 11 aromatic rings. The second-order valence-electron chi connectivity index (χ2n) is 13.8. The SMILES string of the molecule is c1ccc(-c2nc(-c3ccc(-c4cccnc4)cc3)nc(-c3ccc(-c4ccc(-c5cccc6oc7ccccc7c56)c5c4oc4ccccc45)cc3)n2)cc1. The second-order valence-corrected chi connectivity index (χ2v) is 13.8. The predicted octanol–water partition coefficient (Wildman–Crippen LogP) is 13.1. The van der Waals surface area contributed by atoms with Crippen molar-refractivity contribution in [3.63, 3.8) is 0 Å². The third kappa shape index (κ3) is 5.35. The molecule has 11 rings (SSSR count). The average molecular weight is 719 g/mol. The van der Waals surface area contributed by atoms with E-state index in [0.717, 1.165) is 93.9 Å². The summed E-state index contributed by atoms with van der Waals surface area (Å²) in [7, 11) is 0. The van der Waals surface area contributed by atoms with E-state index in [-0.39, 0.29) is 0 Å². The van der Waals surface area contributed by atoms with Crippen LogP contribution in [0.25, 0.3) is 111 Å². The van der Waals surface area contributed by atoms with Gasteiger partial charge in [0.2, 0.25) is 0 Å². The summed E-state index contributed by atoms with van der Waals surface area (Å²) in [5, 5.41) is 4.34. The van der Waals surface area contributed by atoms with Crippen LogP contribution in [0.3, 0.4) is 0 Å². The molecule has 6 nitrogen and oxygen atoms in total. The Hall–Kier alpha value is -7.70. The van der Waals surface area contributed by atoms with Crippen LogP contribution in [0.4, 0.5) is 0 Å². The van der Waals surface area contributed by atoms with Crippen LogP contribution in [0, 0.1) is 0 Å². The van der Waals surface area contributed by atoms with Gasteiger partial charge in [0.25, 0.3) is 0 Å². The van der Waals surface area contributed by atoms with Crippen LogP contribution in [0.5, 0.6) is 0 Å². The van der Waals surface area contributed by atoms with Gasteiger partial charge >= 0.3 is 0 Å². The molecule has 0 unspecified atom stereocenters. The summed E-state index contributed by atoms with van der Waals surface area (Å²) in [6.07, 6.45) is 3.65. The number of fused-ring (bicyclic) bond motifs is 6. The minimum Gasteiger partial charge on any atom is -0.456 e. The molecule has 0 saturated heterocycles. The second kappa shape index (κ2) is 13.0.